The van der Waals surface area contributed by atoms with Crippen molar-refractivity contribution in [3.63, 3.8) is 0 Å². The molecule has 0 saturated heterocycles. The second-order valence-corrected chi connectivity index (χ2v) is 12.4. The van der Waals surface area contributed by atoms with Crippen LogP contribution in [0.1, 0.15) is 46.5 Å². The molecule has 0 N–H and O–H groups in total. The van der Waals surface area contributed by atoms with Crippen LogP contribution >= 0.6 is 0 Å². The van der Waals surface area contributed by atoms with Crippen LogP contribution in [-0.4, -0.2) is 45.6 Å². The lowest BCUT2D eigenvalue weighted by Gasteiger charge is -2.40. The number of rotatable bonds is 12. The van der Waals surface area contributed by atoms with Crippen LogP contribution in [0, 0.1) is 0 Å². The monoisotopic (exact) mass is 346 g/mol. The average molecular weight is 347 g/mol. The van der Waals surface area contributed by atoms with E-state index in [0.29, 0.717) is 0 Å². The first-order chi connectivity index (χ1) is 10.6. The summed E-state index contributed by atoms with van der Waals surface area (Å²) in [6, 6.07) is 0. The SMILES string of the molecule is CCC=C[Si](OC)(OC)C(CCC)[Si](C=CCC)(OC)OC. The average Bonchev–Trinajstić information content (AvgIpc) is 2.57. The second-order valence-electron chi connectivity index (χ2n) is 5.22. The van der Waals surface area contributed by atoms with Gasteiger partial charge in [-0.1, -0.05) is 39.3 Å². The molecule has 0 bridgehead atoms. The summed E-state index contributed by atoms with van der Waals surface area (Å²) >= 11 is 0. The maximum Gasteiger partial charge on any atom is 0.369 e. The molecule has 0 unspecified atom stereocenters. The van der Waals surface area contributed by atoms with Crippen molar-refractivity contribution in [1.29, 1.82) is 0 Å². The molecule has 0 aromatic carbocycles. The molecule has 0 rings (SSSR count). The summed E-state index contributed by atoms with van der Waals surface area (Å²) in [5.74, 6) is 0. The van der Waals surface area contributed by atoms with E-state index in [2.05, 4.69) is 44.3 Å². The molecule has 6 heteroatoms. The Labute approximate surface area is 139 Å². The summed E-state index contributed by atoms with van der Waals surface area (Å²) in [5, 5.41) is 0.139. The lowest BCUT2D eigenvalue weighted by atomic mass is 10.4. The topological polar surface area (TPSA) is 36.9 Å². The van der Waals surface area contributed by atoms with Crippen LogP contribution in [0.5, 0.6) is 0 Å². The molecule has 22 heavy (non-hydrogen) atoms. The van der Waals surface area contributed by atoms with Crippen LogP contribution in [0.4, 0.5) is 0 Å². The summed E-state index contributed by atoms with van der Waals surface area (Å²) in [6.45, 7) is 6.41. The Kier molecular flexibility index (Phi) is 11.2. The highest BCUT2D eigenvalue weighted by molar-refractivity contribution is 6.92. The van der Waals surface area contributed by atoms with Gasteiger partial charge in [0.25, 0.3) is 0 Å². The standard InChI is InChI=1S/C16H34O4Si2/c1-8-11-14-21(17-4,18-5)16(13-10-3)22(19-6,20-7)15-12-9-2/h11-12,14-16H,8-10,13H2,1-7H3. The fraction of sp³-hybridized carbons (Fsp3) is 0.750. The van der Waals surface area contributed by atoms with E-state index in [4.69, 9.17) is 17.7 Å². The molecule has 0 fully saturated rings. The summed E-state index contributed by atoms with van der Waals surface area (Å²) in [4.78, 5) is 0. The third-order valence-corrected chi connectivity index (χ3v) is 12.9. The maximum absolute atomic E-state index is 5.96. The largest absolute Gasteiger partial charge is 0.395 e. The Morgan fingerprint density at radius 2 is 1.09 bits per heavy atom. The van der Waals surface area contributed by atoms with Crippen LogP contribution in [0.15, 0.2) is 23.6 Å². The van der Waals surface area contributed by atoms with Gasteiger partial charge in [-0.25, -0.2) is 0 Å². The summed E-state index contributed by atoms with van der Waals surface area (Å²) in [5.41, 5.74) is 4.29. The first kappa shape index (κ1) is 21.8. The van der Waals surface area contributed by atoms with Crippen LogP contribution < -0.4 is 0 Å². The van der Waals surface area contributed by atoms with Crippen molar-refractivity contribution in [1.82, 2.24) is 0 Å². The third-order valence-electron chi connectivity index (χ3n) is 4.00. The minimum atomic E-state index is -2.56. The maximum atomic E-state index is 5.96. The molecular formula is C16H34O4Si2. The zero-order valence-electron chi connectivity index (χ0n) is 15.3. The Morgan fingerprint density at radius 3 is 1.32 bits per heavy atom. The normalized spacial score (nSPS) is 15.0. The fourth-order valence-electron chi connectivity index (χ4n) is 2.78. The zero-order chi connectivity index (χ0) is 17.1. The molecule has 0 aromatic heterocycles. The van der Waals surface area contributed by atoms with Crippen LogP contribution in [0.2, 0.25) is 5.16 Å². The third kappa shape index (κ3) is 5.14. The highest BCUT2D eigenvalue weighted by Crippen LogP contribution is 2.39. The Hall–Kier alpha value is -0.246. The van der Waals surface area contributed by atoms with Crippen molar-refractivity contribution in [3.05, 3.63) is 23.6 Å². The van der Waals surface area contributed by atoms with Gasteiger partial charge in [0.15, 0.2) is 0 Å². The van der Waals surface area contributed by atoms with E-state index in [1.807, 2.05) is 0 Å². The molecule has 0 aliphatic rings. The second kappa shape index (κ2) is 11.3. The van der Waals surface area contributed by atoms with Crippen LogP contribution in [0.25, 0.3) is 0 Å². The predicted molar refractivity (Wildman–Crippen MR) is 97.1 cm³/mol. The summed E-state index contributed by atoms with van der Waals surface area (Å²) < 4.78 is 23.9. The molecule has 4 nitrogen and oxygen atoms in total. The van der Waals surface area contributed by atoms with Crippen molar-refractivity contribution in [3.8, 4) is 0 Å². The lowest BCUT2D eigenvalue weighted by Crippen LogP contribution is -2.58. The van der Waals surface area contributed by atoms with Gasteiger partial charge >= 0.3 is 17.1 Å². The van der Waals surface area contributed by atoms with Gasteiger partial charge in [0.2, 0.25) is 0 Å². The molecule has 0 atom stereocenters. The quantitative estimate of drug-likeness (QED) is 0.497. The zero-order valence-corrected chi connectivity index (χ0v) is 17.3. The van der Waals surface area contributed by atoms with Gasteiger partial charge in [0.1, 0.15) is 0 Å². The van der Waals surface area contributed by atoms with Gasteiger partial charge in [0, 0.05) is 28.4 Å². The van der Waals surface area contributed by atoms with E-state index in [0.717, 1.165) is 25.7 Å². The van der Waals surface area contributed by atoms with Crippen molar-refractivity contribution >= 4 is 17.1 Å². The Bertz CT molecular complexity index is 307. The van der Waals surface area contributed by atoms with Gasteiger partial charge < -0.3 is 17.7 Å². The van der Waals surface area contributed by atoms with Crippen LogP contribution in [-0.2, 0) is 17.7 Å². The highest BCUT2D eigenvalue weighted by Gasteiger charge is 2.56. The van der Waals surface area contributed by atoms with Crippen molar-refractivity contribution < 1.29 is 17.7 Å². The summed E-state index contributed by atoms with van der Waals surface area (Å²) in [6.07, 6.45) is 8.18. The highest BCUT2D eigenvalue weighted by atomic mass is 28.4. The van der Waals surface area contributed by atoms with E-state index in [1.165, 1.54) is 0 Å². The Morgan fingerprint density at radius 1 is 0.727 bits per heavy atom. The van der Waals surface area contributed by atoms with Gasteiger partial charge in [-0.2, -0.15) is 0 Å². The van der Waals surface area contributed by atoms with Crippen molar-refractivity contribution in [2.75, 3.05) is 28.4 Å². The van der Waals surface area contributed by atoms with Crippen LogP contribution in [0.3, 0.4) is 0 Å². The predicted octanol–water partition coefficient (Wildman–Crippen LogP) is 4.18. The Balaban J connectivity index is 5.98. The van der Waals surface area contributed by atoms with Gasteiger partial charge in [0.05, 0.1) is 5.16 Å². The molecule has 0 aromatic rings. The van der Waals surface area contributed by atoms with Gasteiger partial charge in [-0.15, -0.1) is 0 Å². The van der Waals surface area contributed by atoms with E-state index in [9.17, 15) is 0 Å². The molecule has 0 aliphatic heterocycles. The number of allylic oxidation sites excluding steroid dienone is 2. The van der Waals surface area contributed by atoms with E-state index in [-0.39, 0.29) is 5.16 Å². The van der Waals surface area contributed by atoms with Crippen molar-refractivity contribution in [2.45, 2.75) is 51.6 Å². The first-order valence-corrected chi connectivity index (χ1v) is 12.1. The fourth-order valence-corrected chi connectivity index (χ4v) is 12.0. The summed E-state index contributed by atoms with van der Waals surface area (Å²) in [7, 11) is 1.85. The molecule has 0 heterocycles. The lowest BCUT2D eigenvalue weighted by molar-refractivity contribution is 0.214. The van der Waals surface area contributed by atoms with E-state index < -0.39 is 17.1 Å². The van der Waals surface area contributed by atoms with Gasteiger partial charge in [-0.05, 0) is 30.7 Å². The van der Waals surface area contributed by atoms with Crippen molar-refractivity contribution in [2.24, 2.45) is 0 Å². The first-order valence-electron chi connectivity index (χ1n) is 8.12. The number of hydrogen-bond acceptors (Lipinski definition) is 4. The molecule has 0 aliphatic carbocycles. The molecule has 0 spiro atoms. The molecule has 0 radical (unpaired) electrons. The van der Waals surface area contributed by atoms with E-state index in [1.54, 1.807) is 28.4 Å². The molecule has 0 saturated carbocycles. The molecule has 130 valence electrons. The molecule has 0 amide bonds. The van der Waals surface area contributed by atoms with E-state index >= 15 is 0 Å². The molecular weight excluding hydrogens is 312 g/mol. The number of hydrogen-bond donors (Lipinski definition) is 0. The minimum Gasteiger partial charge on any atom is -0.395 e. The minimum absolute atomic E-state index is 0.139. The van der Waals surface area contributed by atoms with Gasteiger partial charge in [-0.3, -0.25) is 0 Å². The smallest absolute Gasteiger partial charge is 0.369 e.